The lowest BCUT2D eigenvalue weighted by molar-refractivity contribution is -0.0171. The number of carbonyl (C=O) groups is 1. The number of Topliss-reactive ketones (excluding diaryl/α,β-unsaturated/α-hetero) is 1. The van der Waals surface area contributed by atoms with Crippen LogP contribution >= 0.6 is 0 Å². The van der Waals surface area contributed by atoms with E-state index in [0.717, 1.165) is 12.8 Å². The summed E-state index contributed by atoms with van der Waals surface area (Å²) in [5, 5.41) is 10.8. The molecule has 1 aliphatic carbocycles. The standard InChI is InChI=1S/C23H28N6O4/c1-13(2)28-9-4-5-16(23(28)31)26-20-19-22(24-8-10-33-19)29-21(27-20)15(12-25-29)17(30)11-14-6-7-18(14)32-3/h4-5,9,12-14,18,24H,6-8,10-11H2,1-3H3,(H,26,27)/t14?,18-/m1/s1. The van der Waals surface area contributed by atoms with Crippen LogP contribution in [0.1, 0.15) is 49.5 Å². The van der Waals surface area contributed by atoms with Crippen molar-refractivity contribution in [2.45, 2.75) is 45.3 Å². The van der Waals surface area contributed by atoms with Gasteiger partial charge in [0.2, 0.25) is 5.75 Å². The minimum absolute atomic E-state index is 0.0167. The highest BCUT2D eigenvalue weighted by Crippen LogP contribution is 2.38. The van der Waals surface area contributed by atoms with E-state index < -0.39 is 0 Å². The van der Waals surface area contributed by atoms with Crippen LogP contribution in [0.2, 0.25) is 0 Å². The van der Waals surface area contributed by atoms with Gasteiger partial charge in [0, 0.05) is 25.8 Å². The van der Waals surface area contributed by atoms with Crippen molar-refractivity contribution in [1.29, 1.82) is 0 Å². The van der Waals surface area contributed by atoms with Crippen LogP contribution in [0.4, 0.5) is 17.3 Å². The van der Waals surface area contributed by atoms with Gasteiger partial charge in [-0.05, 0) is 44.7 Å². The van der Waals surface area contributed by atoms with Gasteiger partial charge in [0.1, 0.15) is 12.3 Å². The topological polar surface area (TPSA) is 112 Å². The van der Waals surface area contributed by atoms with Gasteiger partial charge in [0.25, 0.3) is 5.56 Å². The number of aromatic nitrogens is 4. The van der Waals surface area contributed by atoms with E-state index >= 15 is 0 Å². The number of ketones is 1. The predicted octanol–water partition coefficient (Wildman–Crippen LogP) is 3.02. The van der Waals surface area contributed by atoms with Gasteiger partial charge >= 0.3 is 0 Å². The molecule has 1 aliphatic heterocycles. The summed E-state index contributed by atoms with van der Waals surface area (Å²) in [7, 11) is 1.69. The second kappa shape index (κ2) is 8.51. The van der Waals surface area contributed by atoms with E-state index in [4.69, 9.17) is 14.5 Å². The van der Waals surface area contributed by atoms with Crippen LogP contribution in [-0.4, -0.2) is 51.3 Å². The van der Waals surface area contributed by atoms with Crippen molar-refractivity contribution in [3.63, 3.8) is 0 Å². The third-order valence-corrected chi connectivity index (χ3v) is 6.43. The monoisotopic (exact) mass is 452 g/mol. The van der Waals surface area contributed by atoms with Gasteiger partial charge in [-0.15, -0.1) is 0 Å². The third-order valence-electron chi connectivity index (χ3n) is 6.43. The molecule has 0 spiro atoms. The molecule has 0 radical (unpaired) electrons. The Hall–Kier alpha value is -3.40. The summed E-state index contributed by atoms with van der Waals surface area (Å²) >= 11 is 0. The van der Waals surface area contributed by atoms with Crippen LogP contribution < -0.4 is 20.9 Å². The summed E-state index contributed by atoms with van der Waals surface area (Å²) in [5.41, 5.74) is 1.09. The minimum atomic E-state index is -0.160. The molecular formula is C23H28N6O4. The first kappa shape index (κ1) is 21.4. The van der Waals surface area contributed by atoms with Crippen LogP contribution in [0, 0.1) is 5.92 Å². The number of nitrogens with zero attached hydrogens (tertiary/aromatic N) is 4. The molecule has 10 heteroatoms. The maximum Gasteiger partial charge on any atom is 0.274 e. The number of ether oxygens (including phenoxy) is 2. The molecule has 2 aliphatic rings. The van der Waals surface area contributed by atoms with Gasteiger partial charge in [-0.1, -0.05) is 0 Å². The van der Waals surface area contributed by atoms with Crippen molar-refractivity contribution >= 4 is 28.8 Å². The van der Waals surface area contributed by atoms with Gasteiger partial charge in [0.15, 0.2) is 23.1 Å². The van der Waals surface area contributed by atoms with E-state index in [1.54, 1.807) is 34.7 Å². The Kier molecular flexibility index (Phi) is 5.53. The fourth-order valence-corrected chi connectivity index (χ4v) is 4.44. The maximum atomic E-state index is 13.1. The Bertz CT molecular complexity index is 1260. The van der Waals surface area contributed by atoms with Crippen LogP contribution in [0.15, 0.2) is 29.3 Å². The number of hydrogen-bond donors (Lipinski definition) is 2. The summed E-state index contributed by atoms with van der Waals surface area (Å²) in [6.45, 7) is 4.94. The fourth-order valence-electron chi connectivity index (χ4n) is 4.44. The lowest BCUT2D eigenvalue weighted by Crippen LogP contribution is -2.34. The second-order valence-corrected chi connectivity index (χ2v) is 8.80. The van der Waals surface area contributed by atoms with Crippen molar-refractivity contribution in [1.82, 2.24) is 19.2 Å². The number of fused-ring (bicyclic) bond motifs is 3. The number of methoxy groups -OCH3 is 1. The lowest BCUT2D eigenvalue weighted by atomic mass is 9.78. The smallest absolute Gasteiger partial charge is 0.274 e. The van der Waals surface area contributed by atoms with Crippen LogP contribution in [0.3, 0.4) is 0 Å². The molecule has 0 saturated heterocycles. The maximum absolute atomic E-state index is 13.1. The normalized spacial score (nSPS) is 19.5. The first-order valence-electron chi connectivity index (χ1n) is 11.3. The summed E-state index contributed by atoms with van der Waals surface area (Å²) in [5.74, 6) is 1.64. The Morgan fingerprint density at radius 1 is 1.39 bits per heavy atom. The van der Waals surface area contributed by atoms with E-state index in [-0.39, 0.29) is 29.4 Å². The molecule has 1 unspecified atom stereocenters. The largest absolute Gasteiger partial charge is 0.485 e. The summed E-state index contributed by atoms with van der Waals surface area (Å²) < 4.78 is 14.6. The van der Waals surface area contributed by atoms with Crippen LogP contribution in [-0.2, 0) is 4.74 Å². The van der Waals surface area contributed by atoms with Crippen molar-refractivity contribution < 1.29 is 14.3 Å². The average molecular weight is 453 g/mol. The SMILES string of the molecule is CO[C@@H]1CCC1CC(=O)c1cnn2c3c(c(Nc4cccn(C(C)C)c4=O)nc12)OCCN3. The Balaban J connectivity index is 1.55. The minimum Gasteiger partial charge on any atom is -0.485 e. The first-order chi connectivity index (χ1) is 16.0. The highest BCUT2D eigenvalue weighted by Gasteiger charge is 2.34. The molecule has 5 rings (SSSR count). The molecule has 2 N–H and O–H groups in total. The van der Waals surface area contributed by atoms with Crippen molar-refractivity contribution in [2.75, 3.05) is 30.9 Å². The molecule has 0 bridgehead atoms. The molecular weight excluding hydrogens is 424 g/mol. The summed E-state index contributed by atoms with van der Waals surface area (Å²) in [6, 6.07) is 3.54. The summed E-state index contributed by atoms with van der Waals surface area (Å²) in [4.78, 5) is 30.7. The highest BCUT2D eigenvalue weighted by atomic mass is 16.5. The zero-order valence-electron chi connectivity index (χ0n) is 19.0. The first-order valence-corrected chi connectivity index (χ1v) is 11.3. The van der Waals surface area contributed by atoms with Gasteiger partial charge in [-0.3, -0.25) is 9.59 Å². The molecule has 33 heavy (non-hydrogen) atoms. The molecule has 0 amide bonds. The predicted molar refractivity (Wildman–Crippen MR) is 124 cm³/mol. The van der Waals surface area contributed by atoms with Crippen LogP contribution in [0.25, 0.3) is 5.65 Å². The fraction of sp³-hybridized carbons (Fsp3) is 0.478. The van der Waals surface area contributed by atoms with E-state index in [1.165, 1.54) is 0 Å². The Morgan fingerprint density at radius 2 is 2.24 bits per heavy atom. The van der Waals surface area contributed by atoms with Gasteiger partial charge in [-0.2, -0.15) is 9.61 Å². The van der Waals surface area contributed by atoms with Crippen molar-refractivity contribution in [3.8, 4) is 5.75 Å². The van der Waals surface area contributed by atoms with Gasteiger partial charge in [0.05, 0.1) is 24.4 Å². The van der Waals surface area contributed by atoms with E-state index in [2.05, 4.69) is 15.7 Å². The van der Waals surface area contributed by atoms with Crippen LogP contribution in [0.5, 0.6) is 5.75 Å². The molecule has 4 heterocycles. The molecule has 10 nitrogen and oxygen atoms in total. The number of nitrogens with one attached hydrogen (secondary N) is 2. The summed E-state index contributed by atoms with van der Waals surface area (Å²) in [6.07, 6.45) is 5.79. The van der Waals surface area contributed by atoms with Crippen molar-refractivity contribution in [2.24, 2.45) is 5.92 Å². The third kappa shape index (κ3) is 3.74. The zero-order valence-corrected chi connectivity index (χ0v) is 19.0. The number of carbonyl (C=O) groups excluding carboxylic acids is 1. The van der Waals surface area contributed by atoms with Gasteiger partial charge in [-0.25, -0.2) is 4.98 Å². The Morgan fingerprint density at radius 3 is 2.97 bits per heavy atom. The highest BCUT2D eigenvalue weighted by molar-refractivity contribution is 6.02. The molecule has 2 atom stereocenters. The van der Waals surface area contributed by atoms with E-state index in [0.29, 0.717) is 53.9 Å². The average Bonchev–Trinajstić information content (AvgIpc) is 3.22. The number of hydrogen-bond acceptors (Lipinski definition) is 8. The Labute approximate surface area is 190 Å². The molecule has 3 aromatic rings. The zero-order chi connectivity index (χ0) is 23.1. The van der Waals surface area contributed by atoms with Gasteiger partial charge < -0.3 is 24.7 Å². The molecule has 0 aromatic carbocycles. The van der Waals surface area contributed by atoms with E-state index in [1.807, 2.05) is 19.9 Å². The quantitative estimate of drug-likeness (QED) is 0.526. The second-order valence-electron chi connectivity index (χ2n) is 8.80. The molecule has 174 valence electrons. The van der Waals surface area contributed by atoms with E-state index in [9.17, 15) is 9.59 Å². The molecule has 3 aromatic heterocycles. The number of rotatable bonds is 7. The molecule has 1 saturated carbocycles. The number of pyridine rings is 1. The molecule has 1 fully saturated rings. The van der Waals surface area contributed by atoms with Crippen molar-refractivity contribution in [3.05, 3.63) is 40.4 Å². The number of anilines is 3. The lowest BCUT2D eigenvalue weighted by Gasteiger charge is -2.34.